The number of ether oxygens (including phenoxy) is 2. The van der Waals surface area contributed by atoms with E-state index in [1.54, 1.807) is 4.90 Å². The molecule has 0 bridgehead atoms. The summed E-state index contributed by atoms with van der Waals surface area (Å²) in [5.74, 6) is 1.47. The summed E-state index contributed by atoms with van der Waals surface area (Å²) < 4.78 is 13.6. The van der Waals surface area contributed by atoms with Crippen molar-refractivity contribution in [1.29, 1.82) is 0 Å². The van der Waals surface area contributed by atoms with Crippen molar-refractivity contribution in [3.63, 3.8) is 0 Å². The summed E-state index contributed by atoms with van der Waals surface area (Å²) in [6.07, 6.45) is 5.41. The highest BCUT2D eigenvalue weighted by molar-refractivity contribution is 6.01. The summed E-state index contributed by atoms with van der Waals surface area (Å²) in [6.45, 7) is 5.47. The van der Waals surface area contributed by atoms with Gasteiger partial charge in [0.2, 0.25) is 5.91 Å². The number of hydrogen-bond donors (Lipinski definition) is 1. The number of hydrogen-bond acceptors (Lipinski definition) is 7. The molecule has 0 radical (unpaired) electrons. The van der Waals surface area contributed by atoms with Gasteiger partial charge in [0, 0.05) is 44.7 Å². The zero-order valence-electron chi connectivity index (χ0n) is 21.1. The number of carbonyl (C=O) groups is 2. The minimum atomic E-state index is -0.957. The second kappa shape index (κ2) is 8.56. The van der Waals surface area contributed by atoms with Crippen molar-refractivity contribution in [2.75, 3.05) is 62.3 Å². The first-order chi connectivity index (χ1) is 18.0. The van der Waals surface area contributed by atoms with Crippen molar-refractivity contribution in [2.24, 2.45) is 10.8 Å². The van der Waals surface area contributed by atoms with Crippen LogP contribution >= 0.6 is 0 Å². The Morgan fingerprint density at radius 2 is 1.86 bits per heavy atom. The van der Waals surface area contributed by atoms with Gasteiger partial charge in [-0.05, 0) is 57.1 Å². The summed E-state index contributed by atoms with van der Waals surface area (Å²) >= 11 is 0. The van der Waals surface area contributed by atoms with Gasteiger partial charge in [0.1, 0.15) is 11.3 Å². The Kier molecular flexibility index (Phi) is 5.37. The third kappa shape index (κ3) is 3.69. The molecule has 11 nitrogen and oxygen atoms in total. The van der Waals surface area contributed by atoms with Crippen molar-refractivity contribution >= 4 is 34.7 Å². The Morgan fingerprint density at radius 1 is 1.05 bits per heavy atom. The number of carbonyl (C=O) groups excluding carboxylic acids is 1. The third-order valence-corrected chi connectivity index (χ3v) is 9.30. The molecule has 5 saturated heterocycles. The Morgan fingerprint density at radius 3 is 2.54 bits per heavy atom. The van der Waals surface area contributed by atoms with Gasteiger partial charge in [0.05, 0.1) is 24.1 Å². The fraction of sp³-hybridized carbons (Fsp3) is 0.692. The average Bonchev–Trinajstić information content (AvgIpc) is 3.60. The van der Waals surface area contributed by atoms with Crippen molar-refractivity contribution in [1.82, 2.24) is 19.7 Å². The molecule has 2 unspecified atom stereocenters. The van der Waals surface area contributed by atoms with Gasteiger partial charge in [-0.3, -0.25) is 9.69 Å². The molecule has 0 saturated carbocycles. The van der Waals surface area contributed by atoms with Gasteiger partial charge in [-0.25, -0.2) is 14.5 Å². The molecule has 2 amide bonds. The van der Waals surface area contributed by atoms with Crippen molar-refractivity contribution < 1.29 is 24.2 Å². The predicted molar refractivity (Wildman–Crippen MR) is 135 cm³/mol. The molecule has 7 heterocycles. The van der Waals surface area contributed by atoms with Gasteiger partial charge in [0.15, 0.2) is 12.0 Å². The summed E-state index contributed by atoms with van der Waals surface area (Å²) in [6, 6.07) is 3.93. The molecule has 37 heavy (non-hydrogen) atoms. The van der Waals surface area contributed by atoms with E-state index in [0.717, 1.165) is 81.9 Å². The van der Waals surface area contributed by atoms with E-state index in [0.29, 0.717) is 37.2 Å². The second-order valence-corrected chi connectivity index (χ2v) is 11.5. The van der Waals surface area contributed by atoms with Gasteiger partial charge in [-0.15, -0.1) is 5.10 Å². The number of likely N-dealkylation sites (tertiary alicyclic amines) is 1. The Labute approximate surface area is 215 Å². The molecule has 198 valence electrons. The number of rotatable bonds is 3. The molecule has 0 aromatic carbocycles. The highest BCUT2D eigenvalue weighted by atomic mass is 16.5. The number of pyridine rings is 1. The molecule has 5 fully saturated rings. The molecule has 5 aliphatic heterocycles. The maximum atomic E-state index is 13.6. The monoisotopic (exact) mass is 510 g/mol. The van der Waals surface area contributed by atoms with Crippen molar-refractivity contribution in [3.05, 3.63) is 12.1 Å². The van der Waals surface area contributed by atoms with Crippen LogP contribution in [-0.4, -0.2) is 89.3 Å². The van der Waals surface area contributed by atoms with E-state index in [4.69, 9.17) is 19.6 Å². The van der Waals surface area contributed by atoms with Crippen LogP contribution in [-0.2, 0) is 14.3 Å². The lowest BCUT2D eigenvalue weighted by atomic mass is 9.77. The summed E-state index contributed by atoms with van der Waals surface area (Å²) in [4.78, 5) is 35.6. The SMILES string of the molecule is O=C(O)N1CCC2(CCN(c3ccc4c(n3)c(N3CCC5(CC3)COC5)nn4C3CCCCO3)C2=O)C1. The highest BCUT2D eigenvalue weighted by Gasteiger charge is 2.52. The number of carboxylic acid groups (broad SMARTS) is 1. The molecule has 2 atom stereocenters. The smallest absolute Gasteiger partial charge is 0.407 e. The van der Waals surface area contributed by atoms with E-state index in [1.807, 2.05) is 16.8 Å². The minimum absolute atomic E-state index is 0.0162. The van der Waals surface area contributed by atoms with Gasteiger partial charge in [-0.1, -0.05) is 0 Å². The fourth-order valence-corrected chi connectivity index (χ4v) is 6.82. The average molecular weight is 511 g/mol. The van der Waals surface area contributed by atoms with Crippen molar-refractivity contribution in [3.8, 4) is 0 Å². The van der Waals surface area contributed by atoms with Gasteiger partial charge >= 0.3 is 6.09 Å². The number of piperidine rings is 1. The first kappa shape index (κ1) is 23.2. The topological polar surface area (TPSA) is 113 Å². The van der Waals surface area contributed by atoms with Crippen LogP contribution in [0.2, 0.25) is 0 Å². The molecule has 7 rings (SSSR count). The Bertz CT molecular complexity index is 1230. The fourth-order valence-electron chi connectivity index (χ4n) is 6.82. The molecule has 2 aromatic rings. The lowest BCUT2D eigenvalue weighted by Crippen LogP contribution is -2.51. The lowest BCUT2D eigenvalue weighted by Gasteiger charge is -2.47. The summed E-state index contributed by atoms with van der Waals surface area (Å²) in [5.41, 5.74) is 1.42. The van der Waals surface area contributed by atoms with Crippen LogP contribution in [0.5, 0.6) is 0 Å². The summed E-state index contributed by atoms with van der Waals surface area (Å²) in [7, 11) is 0. The second-order valence-electron chi connectivity index (χ2n) is 11.5. The molecule has 1 N–H and O–H groups in total. The van der Waals surface area contributed by atoms with Crippen LogP contribution < -0.4 is 9.80 Å². The first-order valence-electron chi connectivity index (χ1n) is 13.6. The number of nitrogens with zero attached hydrogens (tertiary/aromatic N) is 6. The lowest BCUT2D eigenvalue weighted by molar-refractivity contribution is -0.124. The molecular formula is C26H34N6O5. The van der Waals surface area contributed by atoms with Crippen LogP contribution in [0, 0.1) is 10.8 Å². The van der Waals surface area contributed by atoms with Crippen molar-refractivity contribution in [2.45, 2.75) is 51.2 Å². The predicted octanol–water partition coefficient (Wildman–Crippen LogP) is 2.85. The van der Waals surface area contributed by atoms with Crippen LogP contribution in [0.1, 0.15) is 51.2 Å². The van der Waals surface area contributed by atoms with Gasteiger partial charge < -0.3 is 24.4 Å². The van der Waals surface area contributed by atoms with Crippen LogP contribution in [0.15, 0.2) is 12.1 Å². The van der Waals surface area contributed by atoms with E-state index in [2.05, 4.69) is 4.90 Å². The molecule has 0 aliphatic carbocycles. The zero-order valence-corrected chi connectivity index (χ0v) is 21.1. The van der Waals surface area contributed by atoms with E-state index in [1.165, 1.54) is 4.90 Å². The standard InChI is InChI=1S/C26H34N6O5/c33-23-26(8-12-30(15-26)24(34)35)9-13-31(23)19-5-4-18-21(27-19)22(28-32(18)20-3-1-2-14-37-20)29-10-6-25(7-11-29)16-36-17-25/h4-5,20H,1-3,6-17H2,(H,34,35). The Hall–Kier alpha value is -2.92. The molecular weight excluding hydrogens is 476 g/mol. The first-order valence-corrected chi connectivity index (χ1v) is 13.6. The highest BCUT2D eigenvalue weighted by Crippen LogP contribution is 2.44. The molecule has 5 aliphatic rings. The van der Waals surface area contributed by atoms with Gasteiger partial charge in [0.25, 0.3) is 0 Å². The van der Waals surface area contributed by atoms with Crippen LogP contribution in [0.25, 0.3) is 11.0 Å². The maximum absolute atomic E-state index is 13.6. The van der Waals surface area contributed by atoms with E-state index >= 15 is 0 Å². The van der Waals surface area contributed by atoms with E-state index < -0.39 is 11.5 Å². The molecule has 2 spiro atoms. The largest absolute Gasteiger partial charge is 0.465 e. The quantitative estimate of drug-likeness (QED) is 0.671. The number of fused-ring (bicyclic) bond motifs is 1. The minimum Gasteiger partial charge on any atom is -0.465 e. The normalized spacial score (nSPS) is 29.6. The van der Waals surface area contributed by atoms with E-state index in [9.17, 15) is 14.7 Å². The molecule has 11 heteroatoms. The van der Waals surface area contributed by atoms with Crippen LogP contribution in [0.4, 0.5) is 16.4 Å². The number of amides is 2. The summed E-state index contributed by atoms with van der Waals surface area (Å²) in [5, 5.41) is 14.5. The number of anilines is 2. The Balaban J connectivity index is 1.22. The maximum Gasteiger partial charge on any atom is 0.407 e. The molecule has 2 aromatic heterocycles. The zero-order chi connectivity index (χ0) is 25.2. The number of aromatic nitrogens is 3. The van der Waals surface area contributed by atoms with Crippen LogP contribution in [0.3, 0.4) is 0 Å². The third-order valence-electron chi connectivity index (χ3n) is 9.30. The van der Waals surface area contributed by atoms with E-state index in [-0.39, 0.29) is 18.7 Å². The van der Waals surface area contributed by atoms with Gasteiger partial charge in [-0.2, -0.15) is 0 Å².